The van der Waals surface area contributed by atoms with Crippen LogP contribution in [0.3, 0.4) is 0 Å². The Hall–Kier alpha value is -0.360. The Labute approximate surface area is 158 Å². The molecule has 0 aromatic carbocycles. The number of amides is 1. The number of nitrogens with one attached hydrogen (secondary N) is 1. The van der Waals surface area contributed by atoms with Crippen LogP contribution in [0.25, 0.3) is 0 Å². The van der Waals surface area contributed by atoms with Crippen LogP contribution in [-0.4, -0.2) is 62.4 Å². The standard InChI is InChI=1S/C19H34N2O3.ClH/c22-19(5-4-16-6-10-20-11-7-16)21-12-8-17(9-13-21)24-15-18-3-1-2-14-23-18;/h16-18,20H,1-15H2;1H. The van der Waals surface area contributed by atoms with Crippen molar-refractivity contribution < 1.29 is 14.3 Å². The first-order valence-electron chi connectivity index (χ1n) is 10.0. The molecule has 1 amide bonds. The third-order valence-electron chi connectivity index (χ3n) is 5.81. The molecule has 1 atom stereocenters. The monoisotopic (exact) mass is 374 g/mol. The van der Waals surface area contributed by atoms with Crippen molar-refractivity contribution in [3.05, 3.63) is 0 Å². The van der Waals surface area contributed by atoms with Crippen LogP contribution in [0.1, 0.15) is 57.8 Å². The molecule has 3 aliphatic heterocycles. The van der Waals surface area contributed by atoms with Gasteiger partial charge < -0.3 is 19.7 Å². The van der Waals surface area contributed by atoms with Gasteiger partial charge in [-0.25, -0.2) is 0 Å². The minimum absolute atomic E-state index is 0. The molecule has 0 aromatic rings. The third kappa shape index (κ3) is 7.05. The first-order valence-corrected chi connectivity index (χ1v) is 10.0. The molecule has 3 aliphatic rings. The lowest BCUT2D eigenvalue weighted by Crippen LogP contribution is -2.41. The molecule has 0 saturated carbocycles. The maximum atomic E-state index is 12.4. The van der Waals surface area contributed by atoms with Gasteiger partial charge in [0.25, 0.3) is 0 Å². The minimum atomic E-state index is 0. The largest absolute Gasteiger partial charge is 0.376 e. The van der Waals surface area contributed by atoms with Gasteiger partial charge in [-0.15, -0.1) is 12.4 Å². The van der Waals surface area contributed by atoms with Crippen LogP contribution < -0.4 is 5.32 Å². The summed E-state index contributed by atoms with van der Waals surface area (Å²) in [5, 5.41) is 3.39. The van der Waals surface area contributed by atoms with E-state index < -0.39 is 0 Å². The topological polar surface area (TPSA) is 50.8 Å². The number of rotatable bonds is 6. The van der Waals surface area contributed by atoms with E-state index in [9.17, 15) is 4.79 Å². The highest BCUT2D eigenvalue weighted by Gasteiger charge is 2.25. The Morgan fingerprint density at radius 2 is 1.84 bits per heavy atom. The van der Waals surface area contributed by atoms with Gasteiger partial charge in [0.15, 0.2) is 0 Å². The predicted molar refractivity (Wildman–Crippen MR) is 101 cm³/mol. The maximum absolute atomic E-state index is 12.4. The molecule has 3 rings (SSSR count). The summed E-state index contributed by atoms with van der Waals surface area (Å²) in [6, 6.07) is 0. The fourth-order valence-corrected chi connectivity index (χ4v) is 4.11. The molecule has 1 N–H and O–H groups in total. The molecule has 25 heavy (non-hydrogen) atoms. The zero-order valence-electron chi connectivity index (χ0n) is 15.4. The summed E-state index contributed by atoms with van der Waals surface area (Å²) in [5.74, 6) is 1.09. The molecule has 0 spiro atoms. The van der Waals surface area contributed by atoms with Gasteiger partial charge in [0.1, 0.15) is 0 Å². The van der Waals surface area contributed by atoms with E-state index in [2.05, 4.69) is 10.2 Å². The second kappa shape index (κ2) is 11.4. The quantitative estimate of drug-likeness (QED) is 0.776. The van der Waals surface area contributed by atoms with Crippen molar-refractivity contribution in [2.24, 2.45) is 5.92 Å². The lowest BCUT2D eigenvalue weighted by Gasteiger charge is -2.33. The molecule has 0 aliphatic carbocycles. The number of carbonyl (C=O) groups excluding carboxylic acids is 1. The van der Waals surface area contributed by atoms with Crippen molar-refractivity contribution in [1.29, 1.82) is 0 Å². The molecule has 0 radical (unpaired) electrons. The highest BCUT2D eigenvalue weighted by Crippen LogP contribution is 2.21. The van der Waals surface area contributed by atoms with Crippen LogP contribution >= 0.6 is 12.4 Å². The van der Waals surface area contributed by atoms with E-state index in [0.29, 0.717) is 18.1 Å². The number of carbonyl (C=O) groups is 1. The summed E-state index contributed by atoms with van der Waals surface area (Å²) >= 11 is 0. The Morgan fingerprint density at radius 1 is 1.08 bits per heavy atom. The van der Waals surface area contributed by atoms with Crippen LogP contribution in [0.15, 0.2) is 0 Å². The van der Waals surface area contributed by atoms with Crippen LogP contribution in [-0.2, 0) is 14.3 Å². The number of halogens is 1. The smallest absolute Gasteiger partial charge is 0.222 e. The second-order valence-corrected chi connectivity index (χ2v) is 7.63. The molecule has 1 unspecified atom stereocenters. The number of likely N-dealkylation sites (tertiary alicyclic amines) is 1. The number of hydrogen-bond acceptors (Lipinski definition) is 4. The summed E-state index contributed by atoms with van der Waals surface area (Å²) in [6.07, 6.45) is 10.4. The third-order valence-corrected chi connectivity index (χ3v) is 5.81. The van der Waals surface area contributed by atoms with Gasteiger partial charge in [-0.2, -0.15) is 0 Å². The summed E-state index contributed by atoms with van der Waals surface area (Å²) < 4.78 is 11.8. The first-order chi connectivity index (χ1) is 11.8. The van der Waals surface area contributed by atoms with Crippen LogP contribution in [0.4, 0.5) is 0 Å². The maximum Gasteiger partial charge on any atom is 0.222 e. The lowest BCUT2D eigenvalue weighted by atomic mass is 9.93. The Morgan fingerprint density at radius 3 is 2.52 bits per heavy atom. The summed E-state index contributed by atoms with van der Waals surface area (Å²) in [7, 11) is 0. The molecule has 3 fully saturated rings. The van der Waals surface area contributed by atoms with Gasteiger partial charge in [-0.1, -0.05) is 0 Å². The van der Waals surface area contributed by atoms with E-state index in [-0.39, 0.29) is 12.4 Å². The SMILES string of the molecule is Cl.O=C(CCC1CCNCC1)N1CCC(OCC2CCCCO2)CC1. The molecular weight excluding hydrogens is 340 g/mol. The lowest BCUT2D eigenvalue weighted by molar-refractivity contribution is -0.135. The molecule has 3 saturated heterocycles. The van der Waals surface area contributed by atoms with Crippen LogP contribution in [0.2, 0.25) is 0 Å². The van der Waals surface area contributed by atoms with E-state index in [0.717, 1.165) is 77.4 Å². The zero-order chi connectivity index (χ0) is 16.6. The number of ether oxygens (including phenoxy) is 2. The predicted octanol–water partition coefficient (Wildman–Crippen LogP) is 2.76. The van der Waals surface area contributed by atoms with E-state index in [4.69, 9.17) is 9.47 Å². The zero-order valence-corrected chi connectivity index (χ0v) is 16.2. The van der Waals surface area contributed by atoms with Crippen molar-refractivity contribution in [2.45, 2.75) is 70.0 Å². The van der Waals surface area contributed by atoms with Crippen molar-refractivity contribution in [1.82, 2.24) is 10.2 Å². The molecule has 146 valence electrons. The van der Waals surface area contributed by atoms with Gasteiger partial charge >= 0.3 is 0 Å². The fourth-order valence-electron chi connectivity index (χ4n) is 4.11. The Bertz CT molecular complexity index is 377. The van der Waals surface area contributed by atoms with Crippen LogP contribution in [0.5, 0.6) is 0 Å². The number of piperidine rings is 2. The molecular formula is C19H35ClN2O3. The first kappa shape index (κ1) is 20.9. The van der Waals surface area contributed by atoms with E-state index >= 15 is 0 Å². The van der Waals surface area contributed by atoms with Crippen molar-refractivity contribution in [3.8, 4) is 0 Å². The molecule has 5 nitrogen and oxygen atoms in total. The van der Waals surface area contributed by atoms with Gasteiger partial charge in [-0.05, 0) is 70.4 Å². The number of nitrogens with zero attached hydrogens (tertiary/aromatic N) is 1. The average Bonchev–Trinajstić information content (AvgIpc) is 2.66. The van der Waals surface area contributed by atoms with Crippen molar-refractivity contribution >= 4 is 18.3 Å². The van der Waals surface area contributed by atoms with Gasteiger partial charge in [0.05, 0.1) is 18.8 Å². The van der Waals surface area contributed by atoms with Crippen LogP contribution in [0, 0.1) is 5.92 Å². The van der Waals surface area contributed by atoms with Crippen molar-refractivity contribution in [3.63, 3.8) is 0 Å². The molecule has 3 heterocycles. The molecule has 0 aromatic heterocycles. The summed E-state index contributed by atoms with van der Waals surface area (Å²) in [4.78, 5) is 14.5. The van der Waals surface area contributed by atoms with Gasteiger partial charge in [0.2, 0.25) is 5.91 Å². The highest BCUT2D eigenvalue weighted by atomic mass is 35.5. The normalized spacial score (nSPS) is 26.2. The van der Waals surface area contributed by atoms with E-state index in [1.165, 1.54) is 25.7 Å². The Balaban J connectivity index is 0.00000225. The average molecular weight is 375 g/mol. The van der Waals surface area contributed by atoms with Gasteiger partial charge in [0, 0.05) is 26.1 Å². The summed E-state index contributed by atoms with van der Waals surface area (Å²) in [5.41, 5.74) is 0. The number of hydrogen-bond donors (Lipinski definition) is 1. The molecule has 0 bridgehead atoms. The van der Waals surface area contributed by atoms with Gasteiger partial charge in [-0.3, -0.25) is 4.79 Å². The fraction of sp³-hybridized carbons (Fsp3) is 0.947. The Kier molecular flexibility index (Phi) is 9.53. The second-order valence-electron chi connectivity index (χ2n) is 7.63. The summed E-state index contributed by atoms with van der Waals surface area (Å²) in [6.45, 7) is 5.58. The van der Waals surface area contributed by atoms with E-state index in [1.54, 1.807) is 0 Å². The van der Waals surface area contributed by atoms with Crippen molar-refractivity contribution in [2.75, 3.05) is 39.4 Å². The minimum Gasteiger partial charge on any atom is -0.376 e. The highest BCUT2D eigenvalue weighted by molar-refractivity contribution is 5.85. The molecule has 6 heteroatoms. The van der Waals surface area contributed by atoms with E-state index in [1.807, 2.05) is 0 Å².